The van der Waals surface area contributed by atoms with Gasteiger partial charge in [-0.1, -0.05) is 49.1 Å². The minimum atomic E-state index is -1.25. The van der Waals surface area contributed by atoms with Crippen molar-refractivity contribution in [1.82, 2.24) is 5.32 Å². The smallest absolute Gasteiger partial charge is 0.340 e. The van der Waals surface area contributed by atoms with E-state index in [0.717, 1.165) is 6.54 Å². The van der Waals surface area contributed by atoms with Crippen LogP contribution in [0, 0.1) is 11.8 Å². The zero-order chi connectivity index (χ0) is 13.2. The summed E-state index contributed by atoms with van der Waals surface area (Å²) in [6, 6.07) is 8.66. The molecule has 0 aromatic heterocycles. The summed E-state index contributed by atoms with van der Waals surface area (Å²) in [4.78, 5) is 11.5. The number of esters is 1. The highest BCUT2D eigenvalue weighted by Crippen LogP contribution is 2.13. The van der Waals surface area contributed by atoms with Crippen molar-refractivity contribution in [2.24, 2.45) is 0 Å². The number of rotatable bonds is 5. The third-order valence-corrected chi connectivity index (χ3v) is 2.21. The lowest BCUT2D eigenvalue weighted by Crippen LogP contribution is -2.16. The van der Waals surface area contributed by atoms with Gasteiger partial charge in [0.1, 0.15) is 0 Å². The zero-order valence-electron chi connectivity index (χ0n) is 10.3. The highest BCUT2D eigenvalue weighted by molar-refractivity contribution is 5.76. The summed E-state index contributed by atoms with van der Waals surface area (Å²) >= 11 is 0. The topological polar surface area (TPSA) is 58.6 Å². The molecule has 1 rings (SSSR count). The molecule has 0 fully saturated rings. The summed E-state index contributed by atoms with van der Waals surface area (Å²) in [6.45, 7) is 3.39. The van der Waals surface area contributed by atoms with Crippen LogP contribution >= 0.6 is 0 Å². The first-order valence-electron chi connectivity index (χ1n) is 5.81. The van der Waals surface area contributed by atoms with Crippen molar-refractivity contribution in [2.75, 3.05) is 19.7 Å². The van der Waals surface area contributed by atoms with Gasteiger partial charge in [-0.05, 0) is 12.1 Å². The van der Waals surface area contributed by atoms with Gasteiger partial charge in [-0.3, -0.25) is 0 Å². The monoisotopic (exact) mass is 247 g/mol. The van der Waals surface area contributed by atoms with Crippen molar-refractivity contribution in [3.8, 4) is 11.8 Å². The van der Waals surface area contributed by atoms with Gasteiger partial charge < -0.3 is 15.2 Å². The molecule has 4 nitrogen and oxygen atoms in total. The van der Waals surface area contributed by atoms with E-state index in [0.29, 0.717) is 12.1 Å². The summed E-state index contributed by atoms with van der Waals surface area (Å²) in [6.07, 6.45) is -1.25. The minimum absolute atomic E-state index is 0.00583. The molecule has 1 unspecified atom stereocenters. The minimum Gasteiger partial charge on any atom is -0.450 e. The van der Waals surface area contributed by atoms with E-state index >= 15 is 0 Å². The van der Waals surface area contributed by atoms with Crippen LogP contribution in [0.2, 0.25) is 0 Å². The summed E-state index contributed by atoms with van der Waals surface area (Å²) < 4.78 is 4.85. The normalized spacial score (nSPS) is 11.2. The van der Waals surface area contributed by atoms with Gasteiger partial charge in [-0.15, -0.1) is 0 Å². The molecule has 2 N–H and O–H groups in total. The molecule has 96 valence electrons. The molecule has 1 aromatic rings. The Balaban J connectivity index is 2.34. The van der Waals surface area contributed by atoms with E-state index in [2.05, 4.69) is 17.2 Å². The highest BCUT2D eigenvalue weighted by Gasteiger charge is 2.17. The van der Waals surface area contributed by atoms with Crippen LogP contribution in [-0.4, -0.2) is 30.8 Å². The number of benzene rings is 1. The van der Waals surface area contributed by atoms with Crippen LogP contribution in [0.25, 0.3) is 0 Å². The Hall–Kier alpha value is -1.83. The zero-order valence-corrected chi connectivity index (χ0v) is 10.3. The number of hydrogen-bond donors (Lipinski definition) is 2. The van der Waals surface area contributed by atoms with E-state index in [-0.39, 0.29) is 6.61 Å². The molecule has 4 heteroatoms. The third kappa shape index (κ3) is 5.00. The number of carbonyl (C=O) groups excluding carboxylic acids is 1. The number of aliphatic hydroxyl groups is 1. The Morgan fingerprint density at radius 1 is 1.39 bits per heavy atom. The van der Waals surface area contributed by atoms with Gasteiger partial charge in [0, 0.05) is 0 Å². The number of carbonyl (C=O) groups is 1. The van der Waals surface area contributed by atoms with Crippen LogP contribution in [0.4, 0.5) is 0 Å². The second-order valence-electron chi connectivity index (χ2n) is 3.55. The lowest BCUT2D eigenvalue weighted by molar-refractivity contribution is -0.152. The van der Waals surface area contributed by atoms with E-state index in [1.807, 2.05) is 13.0 Å². The largest absolute Gasteiger partial charge is 0.450 e. The van der Waals surface area contributed by atoms with Gasteiger partial charge in [0.05, 0.1) is 6.54 Å². The van der Waals surface area contributed by atoms with E-state index in [9.17, 15) is 9.90 Å². The molecular weight excluding hydrogens is 230 g/mol. The van der Waals surface area contributed by atoms with Crippen molar-refractivity contribution in [3.63, 3.8) is 0 Å². The fraction of sp³-hybridized carbons (Fsp3) is 0.357. The fourth-order valence-corrected chi connectivity index (χ4v) is 1.26. The molecule has 0 spiro atoms. The molecule has 0 bridgehead atoms. The first-order valence-corrected chi connectivity index (χ1v) is 5.81. The standard InChI is InChI=1S/C14H17NO3/c1-2-15-10-6-7-11-18-14(17)13(16)12-8-4-3-5-9-12/h3-5,8-9,13,15-16H,2,10-11H2,1H3. The molecule has 1 aromatic carbocycles. The fourth-order valence-electron chi connectivity index (χ4n) is 1.26. The number of nitrogens with one attached hydrogen (secondary N) is 1. The second-order valence-corrected chi connectivity index (χ2v) is 3.55. The molecule has 0 aliphatic carbocycles. The summed E-state index contributed by atoms with van der Waals surface area (Å²) in [5.41, 5.74) is 0.517. The molecule has 0 heterocycles. The Kier molecular flexibility index (Phi) is 6.55. The predicted molar refractivity (Wildman–Crippen MR) is 68.7 cm³/mol. The first-order chi connectivity index (χ1) is 8.75. The molecular formula is C14H17NO3. The van der Waals surface area contributed by atoms with Crippen molar-refractivity contribution >= 4 is 5.97 Å². The molecule has 0 saturated carbocycles. The Morgan fingerprint density at radius 3 is 2.78 bits per heavy atom. The average molecular weight is 247 g/mol. The second kappa shape index (κ2) is 8.29. The Morgan fingerprint density at radius 2 is 2.11 bits per heavy atom. The van der Waals surface area contributed by atoms with Crippen molar-refractivity contribution in [2.45, 2.75) is 13.0 Å². The summed E-state index contributed by atoms with van der Waals surface area (Å²) in [7, 11) is 0. The van der Waals surface area contributed by atoms with E-state index in [4.69, 9.17) is 4.74 Å². The summed E-state index contributed by atoms with van der Waals surface area (Å²) in [5.74, 6) is 4.81. The van der Waals surface area contributed by atoms with Crippen LogP contribution < -0.4 is 5.32 Å². The molecule has 0 amide bonds. The van der Waals surface area contributed by atoms with E-state index in [1.165, 1.54) is 0 Å². The number of ether oxygens (including phenoxy) is 1. The van der Waals surface area contributed by atoms with Gasteiger partial charge in [0.25, 0.3) is 0 Å². The highest BCUT2D eigenvalue weighted by atomic mass is 16.5. The first kappa shape index (κ1) is 14.2. The maximum Gasteiger partial charge on any atom is 0.340 e. The molecule has 0 saturated heterocycles. The predicted octanol–water partition coefficient (Wildman–Crippen LogP) is 0.876. The van der Waals surface area contributed by atoms with Gasteiger partial charge in [-0.25, -0.2) is 4.79 Å². The molecule has 18 heavy (non-hydrogen) atoms. The van der Waals surface area contributed by atoms with E-state index in [1.54, 1.807) is 24.3 Å². The quantitative estimate of drug-likeness (QED) is 0.460. The lowest BCUT2D eigenvalue weighted by Gasteiger charge is -2.08. The maximum absolute atomic E-state index is 11.5. The Bertz CT molecular complexity index is 420. The third-order valence-electron chi connectivity index (χ3n) is 2.21. The van der Waals surface area contributed by atoms with Gasteiger partial charge >= 0.3 is 5.97 Å². The van der Waals surface area contributed by atoms with Crippen molar-refractivity contribution in [3.05, 3.63) is 35.9 Å². The molecule has 1 atom stereocenters. The summed E-state index contributed by atoms with van der Waals surface area (Å²) in [5, 5.41) is 12.7. The van der Waals surface area contributed by atoms with Crippen molar-refractivity contribution < 1.29 is 14.6 Å². The molecule has 0 radical (unpaired) electrons. The van der Waals surface area contributed by atoms with Crippen molar-refractivity contribution in [1.29, 1.82) is 0 Å². The molecule has 0 aliphatic heterocycles. The van der Waals surface area contributed by atoms with Crippen LogP contribution in [0.3, 0.4) is 0 Å². The number of aliphatic hydroxyl groups excluding tert-OH is 1. The van der Waals surface area contributed by atoms with Crippen LogP contribution in [-0.2, 0) is 9.53 Å². The SMILES string of the molecule is CCNCC#CCOC(=O)C(O)c1ccccc1. The maximum atomic E-state index is 11.5. The lowest BCUT2D eigenvalue weighted by atomic mass is 10.1. The van der Waals surface area contributed by atoms with E-state index < -0.39 is 12.1 Å². The van der Waals surface area contributed by atoms with Crippen LogP contribution in [0.5, 0.6) is 0 Å². The van der Waals surface area contributed by atoms with Gasteiger partial charge in [0.15, 0.2) is 12.7 Å². The molecule has 0 aliphatic rings. The van der Waals surface area contributed by atoms with Crippen LogP contribution in [0.1, 0.15) is 18.6 Å². The average Bonchev–Trinajstić information content (AvgIpc) is 2.42. The van der Waals surface area contributed by atoms with Crippen LogP contribution in [0.15, 0.2) is 30.3 Å². The van der Waals surface area contributed by atoms with Gasteiger partial charge in [-0.2, -0.15) is 0 Å². The van der Waals surface area contributed by atoms with Gasteiger partial charge in [0.2, 0.25) is 0 Å². The Labute approximate surface area is 107 Å². The number of hydrogen-bond acceptors (Lipinski definition) is 4.